The van der Waals surface area contributed by atoms with Crippen molar-refractivity contribution in [1.29, 1.82) is 0 Å². The Kier molecular flexibility index (Phi) is 4.81. The number of benzene rings is 2. The highest BCUT2D eigenvalue weighted by molar-refractivity contribution is 5.74. The normalized spacial score (nSPS) is 14.7. The summed E-state index contributed by atoms with van der Waals surface area (Å²) in [5.74, 6) is 0. The van der Waals surface area contributed by atoms with E-state index in [2.05, 4.69) is 53.5 Å². The monoisotopic (exact) mass is 309 g/mol. The van der Waals surface area contributed by atoms with Gasteiger partial charge < -0.3 is 15.1 Å². The summed E-state index contributed by atoms with van der Waals surface area (Å²) in [6.45, 7) is 5.93. The Morgan fingerprint density at radius 1 is 0.957 bits per heavy atom. The van der Waals surface area contributed by atoms with Crippen LogP contribution in [0.15, 0.2) is 54.6 Å². The van der Waals surface area contributed by atoms with Crippen molar-refractivity contribution in [2.45, 2.75) is 13.5 Å². The van der Waals surface area contributed by atoms with Gasteiger partial charge in [0.05, 0.1) is 0 Å². The van der Waals surface area contributed by atoms with Gasteiger partial charge in [0.1, 0.15) is 0 Å². The van der Waals surface area contributed by atoms with E-state index in [-0.39, 0.29) is 6.03 Å². The Balaban J connectivity index is 1.50. The van der Waals surface area contributed by atoms with Gasteiger partial charge in [0, 0.05) is 38.4 Å². The molecule has 1 fully saturated rings. The molecule has 2 aromatic carbocycles. The summed E-state index contributed by atoms with van der Waals surface area (Å²) in [6, 6.07) is 18.5. The molecule has 23 heavy (non-hydrogen) atoms. The number of urea groups is 1. The minimum atomic E-state index is 0.0287. The Bertz CT molecular complexity index is 649. The standard InChI is InChI=1S/C19H23N3O/c1-16-7-5-6-8-17(16)15-20-19(23)22-13-11-21(12-14-22)18-9-3-2-4-10-18/h2-10H,11-15H2,1H3,(H,20,23). The van der Waals surface area contributed by atoms with Crippen LogP contribution in [0.5, 0.6) is 0 Å². The molecule has 0 aliphatic carbocycles. The van der Waals surface area contributed by atoms with Crippen molar-refractivity contribution in [2.75, 3.05) is 31.1 Å². The first-order valence-corrected chi connectivity index (χ1v) is 8.11. The molecule has 1 aliphatic rings. The van der Waals surface area contributed by atoms with E-state index in [1.807, 2.05) is 23.1 Å². The van der Waals surface area contributed by atoms with Crippen molar-refractivity contribution >= 4 is 11.7 Å². The highest BCUT2D eigenvalue weighted by Crippen LogP contribution is 2.15. The predicted molar refractivity (Wildman–Crippen MR) is 93.6 cm³/mol. The zero-order chi connectivity index (χ0) is 16.1. The highest BCUT2D eigenvalue weighted by Gasteiger charge is 2.20. The van der Waals surface area contributed by atoms with Gasteiger partial charge in [-0.2, -0.15) is 0 Å². The maximum absolute atomic E-state index is 12.3. The summed E-state index contributed by atoms with van der Waals surface area (Å²) >= 11 is 0. The van der Waals surface area contributed by atoms with Crippen LogP contribution in [0.2, 0.25) is 0 Å². The molecule has 0 bridgehead atoms. The fourth-order valence-corrected chi connectivity index (χ4v) is 2.90. The summed E-state index contributed by atoms with van der Waals surface area (Å²) in [4.78, 5) is 16.5. The number of carbonyl (C=O) groups is 1. The van der Waals surface area contributed by atoms with Gasteiger partial charge in [0.25, 0.3) is 0 Å². The lowest BCUT2D eigenvalue weighted by Gasteiger charge is -2.36. The number of aryl methyl sites for hydroxylation is 1. The first-order valence-electron chi connectivity index (χ1n) is 8.11. The van der Waals surface area contributed by atoms with Gasteiger partial charge in [-0.25, -0.2) is 4.79 Å². The molecule has 0 atom stereocenters. The van der Waals surface area contributed by atoms with E-state index in [4.69, 9.17) is 0 Å². The molecule has 0 radical (unpaired) electrons. The Labute approximate surface area is 137 Å². The molecule has 0 spiro atoms. The van der Waals surface area contributed by atoms with Gasteiger partial charge in [0.15, 0.2) is 0 Å². The number of piperazine rings is 1. The molecule has 3 rings (SSSR count). The Morgan fingerprint density at radius 3 is 2.30 bits per heavy atom. The third-order valence-corrected chi connectivity index (χ3v) is 4.38. The lowest BCUT2D eigenvalue weighted by atomic mass is 10.1. The second-order valence-electron chi connectivity index (χ2n) is 5.89. The van der Waals surface area contributed by atoms with Crippen molar-refractivity contribution in [2.24, 2.45) is 0 Å². The van der Waals surface area contributed by atoms with Gasteiger partial charge in [-0.1, -0.05) is 42.5 Å². The number of anilines is 1. The summed E-state index contributed by atoms with van der Waals surface area (Å²) in [5, 5.41) is 3.03. The average molecular weight is 309 g/mol. The predicted octanol–water partition coefficient (Wildman–Crippen LogP) is 3.03. The first kappa shape index (κ1) is 15.4. The van der Waals surface area contributed by atoms with Gasteiger partial charge in [-0.3, -0.25) is 0 Å². The number of amides is 2. The fraction of sp³-hybridized carbons (Fsp3) is 0.316. The largest absolute Gasteiger partial charge is 0.368 e. The lowest BCUT2D eigenvalue weighted by molar-refractivity contribution is 0.194. The van der Waals surface area contributed by atoms with Gasteiger partial charge in [-0.05, 0) is 30.2 Å². The SMILES string of the molecule is Cc1ccccc1CNC(=O)N1CCN(c2ccccc2)CC1. The third kappa shape index (κ3) is 3.83. The summed E-state index contributed by atoms with van der Waals surface area (Å²) < 4.78 is 0. The molecule has 4 heteroatoms. The molecular formula is C19H23N3O. The van der Waals surface area contributed by atoms with Crippen LogP contribution in [-0.2, 0) is 6.54 Å². The van der Waals surface area contributed by atoms with E-state index in [0.717, 1.165) is 26.2 Å². The molecule has 1 saturated heterocycles. The fourth-order valence-electron chi connectivity index (χ4n) is 2.90. The smallest absolute Gasteiger partial charge is 0.317 e. The molecule has 120 valence electrons. The van der Waals surface area contributed by atoms with Gasteiger partial charge >= 0.3 is 6.03 Å². The van der Waals surface area contributed by atoms with E-state index < -0.39 is 0 Å². The van der Waals surface area contributed by atoms with Crippen LogP contribution in [0.4, 0.5) is 10.5 Å². The maximum atomic E-state index is 12.3. The van der Waals surface area contributed by atoms with Crippen LogP contribution in [0, 0.1) is 6.92 Å². The van der Waals surface area contributed by atoms with Crippen molar-refractivity contribution in [3.63, 3.8) is 0 Å². The summed E-state index contributed by atoms with van der Waals surface area (Å²) in [5.41, 5.74) is 3.61. The van der Waals surface area contributed by atoms with Gasteiger partial charge in [-0.15, -0.1) is 0 Å². The number of nitrogens with zero attached hydrogens (tertiary/aromatic N) is 2. The number of carbonyl (C=O) groups excluding carboxylic acids is 1. The molecule has 0 unspecified atom stereocenters. The van der Waals surface area contributed by atoms with Crippen LogP contribution in [0.1, 0.15) is 11.1 Å². The second-order valence-corrected chi connectivity index (χ2v) is 5.89. The zero-order valence-corrected chi connectivity index (χ0v) is 13.5. The molecule has 2 aromatic rings. The van der Waals surface area contributed by atoms with E-state index in [1.54, 1.807) is 0 Å². The van der Waals surface area contributed by atoms with Crippen molar-refractivity contribution < 1.29 is 4.79 Å². The average Bonchev–Trinajstić information content (AvgIpc) is 2.62. The Hall–Kier alpha value is -2.49. The van der Waals surface area contributed by atoms with Crippen LogP contribution in [-0.4, -0.2) is 37.1 Å². The lowest BCUT2D eigenvalue weighted by Crippen LogP contribution is -2.51. The molecule has 1 aliphatic heterocycles. The Morgan fingerprint density at radius 2 is 1.61 bits per heavy atom. The van der Waals surface area contributed by atoms with E-state index in [0.29, 0.717) is 6.54 Å². The van der Waals surface area contributed by atoms with Crippen molar-refractivity contribution in [3.8, 4) is 0 Å². The molecule has 2 amide bonds. The van der Waals surface area contributed by atoms with E-state index in [9.17, 15) is 4.79 Å². The molecule has 4 nitrogen and oxygen atoms in total. The summed E-state index contributed by atoms with van der Waals surface area (Å²) in [6.07, 6.45) is 0. The number of para-hydroxylation sites is 1. The minimum absolute atomic E-state index is 0.0287. The maximum Gasteiger partial charge on any atom is 0.317 e. The summed E-state index contributed by atoms with van der Waals surface area (Å²) in [7, 11) is 0. The second kappa shape index (κ2) is 7.18. The first-order chi connectivity index (χ1) is 11.2. The molecule has 0 saturated carbocycles. The number of hydrogen-bond donors (Lipinski definition) is 1. The van der Waals surface area contributed by atoms with E-state index in [1.165, 1.54) is 16.8 Å². The molecule has 0 aromatic heterocycles. The topological polar surface area (TPSA) is 35.6 Å². The zero-order valence-electron chi connectivity index (χ0n) is 13.5. The van der Waals surface area contributed by atoms with E-state index >= 15 is 0 Å². The quantitative estimate of drug-likeness (QED) is 0.946. The highest BCUT2D eigenvalue weighted by atomic mass is 16.2. The molecule has 1 heterocycles. The van der Waals surface area contributed by atoms with Gasteiger partial charge in [0.2, 0.25) is 0 Å². The number of hydrogen-bond acceptors (Lipinski definition) is 2. The van der Waals surface area contributed by atoms with Crippen LogP contribution in [0.3, 0.4) is 0 Å². The van der Waals surface area contributed by atoms with Crippen LogP contribution < -0.4 is 10.2 Å². The van der Waals surface area contributed by atoms with Crippen LogP contribution in [0.25, 0.3) is 0 Å². The van der Waals surface area contributed by atoms with Crippen molar-refractivity contribution in [1.82, 2.24) is 10.2 Å². The molecule has 1 N–H and O–H groups in total. The molecular weight excluding hydrogens is 286 g/mol. The van der Waals surface area contributed by atoms with Crippen LogP contribution >= 0.6 is 0 Å². The number of rotatable bonds is 3. The minimum Gasteiger partial charge on any atom is -0.368 e. The van der Waals surface area contributed by atoms with Crippen molar-refractivity contribution in [3.05, 3.63) is 65.7 Å². The number of nitrogens with one attached hydrogen (secondary N) is 1. The third-order valence-electron chi connectivity index (χ3n) is 4.38.